The number of carbonyl (C=O) groups excluding carboxylic acids is 2. The van der Waals surface area contributed by atoms with E-state index in [1.165, 1.54) is 32.1 Å². The van der Waals surface area contributed by atoms with Gasteiger partial charge in [-0.1, -0.05) is 44.2 Å². The highest BCUT2D eigenvalue weighted by molar-refractivity contribution is 5.91. The number of benzene rings is 1. The molecule has 3 aliphatic rings. The number of primary amides is 1. The van der Waals surface area contributed by atoms with Crippen molar-refractivity contribution in [1.82, 2.24) is 5.32 Å². The average molecular weight is 529 g/mol. The predicted molar refractivity (Wildman–Crippen MR) is 144 cm³/mol. The van der Waals surface area contributed by atoms with Crippen molar-refractivity contribution >= 4 is 48.3 Å². The van der Waals surface area contributed by atoms with E-state index in [4.69, 9.17) is 17.2 Å². The highest BCUT2D eigenvalue weighted by Crippen LogP contribution is 2.59. The topological polar surface area (TPSA) is 137 Å². The number of amides is 2. The smallest absolute Gasteiger partial charge is 0.331 e. The number of likely N-dealkylation sites (tertiary alicyclic amines) is 1. The summed E-state index contributed by atoms with van der Waals surface area (Å²) in [4.78, 5) is 31.3. The lowest BCUT2D eigenvalue weighted by molar-refractivity contribution is -0.900. The summed E-state index contributed by atoms with van der Waals surface area (Å²) in [7, 11) is 1.87. The van der Waals surface area contributed by atoms with Crippen molar-refractivity contribution in [3.8, 4) is 0 Å². The van der Waals surface area contributed by atoms with Crippen molar-refractivity contribution in [3.63, 3.8) is 0 Å². The van der Waals surface area contributed by atoms with Gasteiger partial charge in [0, 0.05) is 17.9 Å². The number of carbonyl (C=O) groups is 2. The van der Waals surface area contributed by atoms with E-state index in [1.807, 2.05) is 31.3 Å². The molecule has 2 saturated carbocycles. The second-order valence-corrected chi connectivity index (χ2v) is 10.3. The summed E-state index contributed by atoms with van der Waals surface area (Å²) in [5.74, 6) is 0.553. The van der Waals surface area contributed by atoms with Crippen molar-refractivity contribution in [2.24, 2.45) is 34.0 Å². The fourth-order valence-corrected chi connectivity index (χ4v) is 6.64. The Kier molecular flexibility index (Phi) is 9.99. The van der Waals surface area contributed by atoms with E-state index >= 15 is 0 Å². The molecule has 8 nitrogen and oxygen atoms in total. The summed E-state index contributed by atoms with van der Waals surface area (Å²) in [6, 6.07) is 7.32. The summed E-state index contributed by atoms with van der Waals surface area (Å²) in [6.45, 7) is 1.11. The van der Waals surface area contributed by atoms with Crippen LogP contribution in [0.1, 0.15) is 63.4 Å². The number of likely N-dealkylation sites (N-methyl/N-ethyl adjacent to an activating group) is 1. The summed E-state index contributed by atoms with van der Waals surface area (Å²) in [5.41, 5.74) is 17.9. The molecule has 1 heterocycles. The number of nitrogens with one attached hydrogen (secondary N) is 1. The van der Waals surface area contributed by atoms with Gasteiger partial charge in [0.15, 0.2) is 11.5 Å². The minimum Gasteiger partial charge on any atom is -0.370 e. The molecule has 1 saturated heterocycles. The summed E-state index contributed by atoms with van der Waals surface area (Å²) >= 11 is 0. The van der Waals surface area contributed by atoms with Crippen LogP contribution in [0.5, 0.6) is 0 Å². The van der Waals surface area contributed by atoms with Gasteiger partial charge in [0.05, 0.1) is 12.2 Å². The molecule has 0 bridgehead atoms. The third kappa shape index (κ3) is 5.61. The van der Waals surface area contributed by atoms with Crippen molar-refractivity contribution in [2.75, 3.05) is 13.6 Å². The van der Waals surface area contributed by atoms with Gasteiger partial charge >= 0.3 is 5.91 Å². The lowest BCUT2D eigenvalue weighted by Crippen LogP contribution is -2.70. The Bertz CT molecular complexity index is 917. The van der Waals surface area contributed by atoms with E-state index in [0.717, 1.165) is 24.8 Å². The number of aliphatic imine (C=N–C) groups is 1. The third-order valence-electron chi connectivity index (χ3n) is 8.36. The van der Waals surface area contributed by atoms with Crippen LogP contribution in [0.4, 0.5) is 5.69 Å². The maximum absolute atomic E-state index is 14.3. The molecule has 1 aromatic rings. The molecule has 1 aromatic carbocycles. The quantitative estimate of drug-likeness (QED) is 0.234. The number of rotatable bonds is 8. The molecule has 4 atom stereocenters. The summed E-state index contributed by atoms with van der Waals surface area (Å²) in [5, 5.41) is 3.32. The van der Waals surface area contributed by atoms with E-state index in [1.54, 1.807) is 0 Å². The minimum atomic E-state index is -0.782. The summed E-state index contributed by atoms with van der Waals surface area (Å²) < 4.78 is 0.132. The number of hydrogen-bond acceptors (Lipinski definition) is 4. The third-order valence-corrected chi connectivity index (χ3v) is 8.36. The van der Waals surface area contributed by atoms with Crippen LogP contribution in [-0.4, -0.2) is 47.4 Å². The van der Waals surface area contributed by atoms with Crippen LogP contribution in [0.3, 0.4) is 0 Å². The van der Waals surface area contributed by atoms with Crippen LogP contribution in [0.2, 0.25) is 0 Å². The van der Waals surface area contributed by atoms with Gasteiger partial charge in [-0.05, 0) is 44.4 Å². The van der Waals surface area contributed by atoms with E-state index in [0.29, 0.717) is 31.1 Å². The molecule has 196 valence electrons. The molecule has 2 amide bonds. The van der Waals surface area contributed by atoms with Crippen LogP contribution in [0.25, 0.3) is 0 Å². The molecule has 2 aliphatic carbocycles. The zero-order valence-electron chi connectivity index (χ0n) is 20.6. The molecular weight excluding hydrogens is 487 g/mol. The molecule has 1 aliphatic heterocycles. The fraction of sp³-hybridized carbons (Fsp3) is 0.640. The van der Waals surface area contributed by atoms with E-state index in [9.17, 15) is 9.59 Å². The highest BCUT2D eigenvalue weighted by Gasteiger charge is 2.76. The Labute approximate surface area is 220 Å². The van der Waals surface area contributed by atoms with Gasteiger partial charge in [-0.25, -0.2) is 14.3 Å². The van der Waals surface area contributed by atoms with Crippen LogP contribution < -0.4 is 22.5 Å². The first-order valence-corrected chi connectivity index (χ1v) is 12.4. The number of quaternary nitrogens is 1. The minimum absolute atomic E-state index is 0. The zero-order chi connectivity index (χ0) is 23.6. The van der Waals surface area contributed by atoms with Crippen LogP contribution >= 0.6 is 24.8 Å². The summed E-state index contributed by atoms with van der Waals surface area (Å²) in [6.07, 6.45) is 9.57. The molecule has 10 heteroatoms. The number of nitrogens with zero attached hydrogens (tertiary/aromatic N) is 2. The van der Waals surface area contributed by atoms with Gasteiger partial charge in [0.1, 0.15) is 12.6 Å². The lowest BCUT2D eigenvalue weighted by atomic mass is 9.83. The second kappa shape index (κ2) is 11.9. The second-order valence-electron chi connectivity index (χ2n) is 10.3. The Morgan fingerprint density at radius 3 is 2.29 bits per heavy atom. The normalized spacial score (nSPS) is 28.4. The Morgan fingerprint density at radius 1 is 1.06 bits per heavy atom. The number of hydrogen-bond donors (Lipinski definition) is 4. The number of fused-ring (bicyclic) bond motifs is 1. The highest BCUT2D eigenvalue weighted by atomic mass is 35.5. The van der Waals surface area contributed by atoms with Crippen molar-refractivity contribution in [2.45, 2.75) is 75.9 Å². The molecule has 0 aromatic heterocycles. The van der Waals surface area contributed by atoms with Crippen molar-refractivity contribution in [3.05, 3.63) is 29.8 Å². The van der Waals surface area contributed by atoms with Gasteiger partial charge in [-0.15, -0.1) is 24.8 Å². The maximum Gasteiger partial charge on any atom is 0.331 e. The number of guanidine groups is 1. The first-order valence-electron chi connectivity index (χ1n) is 12.4. The van der Waals surface area contributed by atoms with Crippen LogP contribution in [0, 0.1) is 11.8 Å². The fourth-order valence-electron chi connectivity index (χ4n) is 6.64. The number of halogens is 2. The van der Waals surface area contributed by atoms with Crippen molar-refractivity contribution < 1.29 is 14.1 Å². The molecule has 0 radical (unpaired) electrons. The molecule has 35 heavy (non-hydrogen) atoms. The van der Waals surface area contributed by atoms with Gasteiger partial charge in [-0.3, -0.25) is 4.79 Å². The van der Waals surface area contributed by atoms with Crippen LogP contribution in [0.15, 0.2) is 29.3 Å². The Hall–Kier alpha value is -1.87. The lowest BCUT2D eigenvalue weighted by Gasteiger charge is -2.46. The average Bonchev–Trinajstić information content (AvgIpc) is 3.56. The largest absolute Gasteiger partial charge is 0.370 e. The first kappa shape index (κ1) is 29.4. The number of nitrogens with two attached hydrogens (primary N) is 3. The molecule has 0 spiro atoms. The monoisotopic (exact) mass is 527 g/mol. The molecule has 7 N–H and O–H groups in total. The van der Waals surface area contributed by atoms with E-state index in [-0.39, 0.29) is 59.0 Å². The van der Waals surface area contributed by atoms with Gasteiger partial charge in [-0.2, -0.15) is 0 Å². The van der Waals surface area contributed by atoms with Gasteiger partial charge in [0.2, 0.25) is 0 Å². The van der Waals surface area contributed by atoms with Crippen LogP contribution in [-0.2, 0) is 16.1 Å². The predicted octanol–water partition coefficient (Wildman–Crippen LogP) is 2.87. The standard InChI is InChI=1S/C25H38N6O2.2ClH/c1-29-21(14-17-6-3-2-4-7-17)22(32)31(13-5-8-19-15-25(19,31)23(26)33)16-18-9-11-20(12-10-18)30-24(27)28;;/h9-12,17,19,21,29H,2-8,13-16H2,1H3,(H5-,26,27,28,30,33);2*1H/p+1/t19-,21-,25+,31?;;/m1../s1. The van der Waals surface area contributed by atoms with E-state index < -0.39 is 5.54 Å². The molecule has 1 unspecified atom stereocenters. The van der Waals surface area contributed by atoms with Crippen molar-refractivity contribution in [1.29, 1.82) is 0 Å². The Balaban J connectivity index is 0.00000216. The SMILES string of the molecule is CN[C@H](CC1CCCCC1)C(=O)[N+]1(Cc2ccc(N=C(N)N)cc2)CCC[C@@H]2C[C@@]21C(N)=O.Cl.Cl. The first-order chi connectivity index (χ1) is 15.8. The maximum atomic E-state index is 14.3. The zero-order valence-corrected chi connectivity index (χ0v) is 22.2. The van der Waals surface area contributed by atoms with Gasteiger partial charge in [0.25, 0.3) is 5.91 Å². The Morgan fingerprint density at radius 2 is 1.71 bits per heavy atom. The van der Waals surface area contributed by atoms with Gasteiger partial charge < -0.3 is 22.5 Å². The molecular formula is C25H41Cl2N6O2+. The molecule has 4 rings (SSSR count). The molecule has 3 fully saturated rings. The van der Waals surface area contributed by atoms with E-state index in [2.05, 4.69) is 10.3 Å². The number of piperidine rings is 1.